The first-order valence-corrected chi connectivity index (χ1v) is 6.26. The number of hydrogen-bond donors (Lipinski definition) is 2. The highest BCUT2D eigenvalue weighted by atomic mass is 32.2. The van der Waals surface area contributed by atoms with Crippen LogP contribution in [-0.4, -0.2) is 14.2 Å². The van der Waals surface area contributed by atoms with Crippen LogP contribution in [0.3, 0.4) is 0 Å². The molecular formula is C7H7NO2S3. The molecule has 0 saturated heterocycles. The SMILES string of the molecule is NS(=O)(=O)c1ccc(C#CCS)s1. The van der Waals surface area contributed by atoms with Gasteiger partial charge < -0.3 is 0 Å². The van der Waals surface area contributed by atoms with Gasteiger partial charge in [0.1, 0.15) is 4.21 Å². The zero-order valence-corrected chi connectivity index (χ0v) is 9.05. The van der Waals surface area contributed by atoms with Gasteiger partial charge in [-0.3, -0.25) is 0 Å². The largest absolute Gasteiger partial charge is 0.247 e. The molecule has 1 aromatic rings. The van der Waals surface area contributed by atoms with Crippen molar-refractivity contribution >= 4 is 34.0 Å². The Labute approximate surface area is 86.4 Å². The minimum atomic E-state index is -3.58. The van der Waals surface area contributed by atoms with Gasteiger partial charge in [0, 0.05) is 0 Å². The predicted octanol–water partition coefficient (Wildman–Crippen LogP) is 0.677. The molecule has 0 atom stereocenters. The Bertz CT molecular complexity index is 450. The monoisotopic (exact) mass is 233 g/mol. The van der Waals surface area contributed by atoms with Crippen molar-refractivity contribution in [1.29, 1.82) is 0 Å². The van der Waals surface area contributed by atoms with Gasteiger partial charge in [0.05, 0.1) is 10.6 Å². The van der Waals surface area contributed by atoms with Crippen LogP contribution >= 0.6 is 24.0 Å². The molecular weight excluding hydrogens is 226 g/mol. The van der Waals surface area contributed by atoms with Gasteiger partial charge in [-0.2, -0.15) is 12.6 Å². The number of thiol groups is 1. The van der Waals surface area contributed by atoms with Gasteiger partial charge in [-0.25, -0.2) is 13.6 Å². The van der Waals surface area contributed by atoms with Crippen molar-refractivity contribution in [3.8, 4) is 11.8 Å². The maximum Gasteiger partial charge on any atom is 0.247 e. The molecule has 1 rings (SSSR count). The Balaban J connectivity index is 3.01. The second-order valence-corrected chi connectivity index (χ2v) is 5.31. The van der Waals surface area contributed by atoms with E-state index in [1.807, 2.05) is 0 Å². The van der Waals surface area contributed by atoms with Crippen LogP contribution in [0.4, 0.5) is 0 Å². The third-order valence-corrected chi connectivity index (χ3v) is 3.75. The fourth-order valence-electron chi connectivity index (χ4n) is 0.667. The molecule has 2 N–H and O–H groups in total. The molecule has 0 fully saturated rings. The number of thiophene rings is 1. The van der Waals surface area contributed by atoms with E-state index in [-0.39, 0.29) is 4.21 Å². The van der Waals surface area contributed by atoms with Crippen LogP contribution in [0.1, 0.15) is 4.88 Å². The molecule has 1 heterocycles. The maximum absolute atomic E-state index is 10.8. The molecule has 1 aromatic heterocycles. The van der Waals surface area contributed by atoms with Crippen LogP contribution < -0.4 is 5.14 Å². The predicted molar refractivity (Wildman–Crippen MR) is 56.4 cm³/mol. The van der Waals surface area contributed by atoms with Crippen molar-refractivity contribution in [2.24, 2.45) is 5.14 Å². The molecule has 0 amide bonds. The molecule has 6 heteroatoms. The number of rotatable bonds is 1. The van der Waals surface area contributed by atoms with Gasteiger partial charge in [0.15, 0.2) is 0 Å². The average Bonchev–Trinajstić information content (AvgIpc) is 2.47. The molecule has 3 nitrogen and oxygen atoms in total. The first-order chi connectivity index (χ1) is 6.04. The summed E-state index contributed by atoms with van der Waals surface area (Å²) in [6.45, 7) is 0. The first-order valence-electron chi connectivity index (χ1n) is 3.26. The Morgan fingerprint density at radius 3 is 2.69 bits per heavy atom. The van der Waals surface area contributed by atoms with E-state index < -0.39 is 10.0 Å². The van der Waals surface area contributed by atoms with E-state index in [4.69, 9.17) is 5.14 Å². The van der Waals surface area contributed by atoms with E-state index in [1.165, 1.54) is 6.07 Å². The van der Waals surface area contributed by atoms with Crippen LogP contribution in [0.5, 0.6) is 0 Å². The molecule has 0 spiro atoms. The fourth-order valence-corrected chi connectivity index (χ4v) is 2.35. The normalized spacial score (nSPS) is 10.6. The molecule has 0 saturated carbocycles. The summed E-state index contributed by atoms with van der Waals surface area (Å²) in [5.74, 6) is 5.92. The average molecular weight is 233 g/mol. The molecule has 0 aliphatic carbocycles. The molecule has 0 bridgehead atoms. The summed E-state index contributed by atoms with van der Waals surface area (Å²) in [6, 6.07) is 3.07. The zero-order valence-electron chi connectivity index (χ0n) is 6.52. The van der Waals surface area contributed by atoms with Crippen LogP contribution in [0.15, 0.2) is 16.3 Å². The van der Waals surface area contributed by atoms with E-state index in [9.17, 15) is 8.42 Å². The van der Waals surface area contributed by atoms with Crippen molar-refractivity contribution in [2.45, 2.75) is 4.21 Å². The molecule has 0 radical (unpaired) electrons. The Morgan fingerprint density at radius 2 is 2.23 bits per heavy atom. The quantitative estimate of drug-likeness (QED) is 0.553. The van der Waals surface area contributed by atoms with Crippen molar-refractivity contribution in [1.82, 2.24) is 0 Å². The molecule has 0 aliphatic rings. The van der Waals surface area contributed by atoms with Crippen LogP contribution in [0.2, 0.25) is 0 Å². The first kappa shape index (κ1) is 10.6. The molecule has 0 aliphatic heterocycles. The Kier molecular flexibility index (Phi) is 3.39. The van der Waals surface area contributed by atoms with Gasteiger partial charge in [0.25, 0.3) is 0 Å². The Hall–Kier alpha value is -0.480. The zero-order chi connectivity index (χ0) is 9.90. The third-order valence-electron chi connectivity index (χ3n) is 1.15. The van der Waals surface area contributed by atoms with Crippen molar-refractivity contribution in [3.63, 3.8) is 0 Å². The number of nitrogens with two attached hydrogens (primary N) is 1. The smallest absolute Gasteiger partial charge is 0.224 e. The lowest BCUT2D eigenvalue weighted by Gasteiger charge is -1.87. The second-order valence-electron chi connectivity index (χ2n) is 2.12. The molecule has 0 unspecified atom stereocenters. The van der Waals surface area contributed by atoms with Gasteiger partial charge in [-0.1, -0.05) is 11.8 Å². The number of hydrogen-bond acceptors (Lipinski definition) is 4. The van der Waals surface area contributed by atoms with Crippen LogP contribution in [0, 0.1) is 11.8 Å². The number of sulfonamides is 1. The summed E-state index contributed by atoms with van der Waals surface area (Å²) in [5.41, 5.74) is 0. The molecule has 0 aromatic carbocycles. The van der Waals surface area contributed by atoms with Gasteiger partial charge in [-0.15, -0.1) is 11.3 Å². The third kappa shape index (κ3) is 3.04. The summed E-state index contributed by atoms with van der Waals surface area (Å²) in [4.78, 5) is 0.679. The molecule has 13 heavy (non-hydrogen) atoms. The maximum atomic E-state index is 10.8. The lowest BCUT2D eigenvalue weighted by Crippen LogP contribution is -2.09. The topological polar surface area (TPSA) is 60.2 Å². The summed E-state index contributed by atoms with van der Waals surface area (Å²) in [7, 11) is -3.58. The van der Waals surface area contributed by atoms with E-state index in [2.05, 4.69) is 24.5 Å². The van der Waals surface area contributed by atoms with Gasteiger partial charge in [-0.05, 0) is 12.1 Å². The minimum Gasteiger partial charge on any atom is -0.224 e. The van der Waals surface area contributed by atoms with E-state index in [0.29, 0.717) is 10.6 Å². The van der Waals surface area contributed by atoms with E-state index >= 15 is 0 Å². The fraction of sp³-hybridized carbons (Fsp3) is 0.143. The summed E-state index contributed by atoms with van der Waals surface area (Å²) < 4.78 is 21.8. The van der Waals surface area contributed by atoms with Gasteiger partial charge >= 0.3 is 0 Å². The second kappa shape index (κ2) is 4.15. The van der Waals surface area contributed by atoms with Gasteiger partial charge in [0.2, 0.25) is 10.0 Å². The minimum absolute atomic E-state index is 0.135. The standard InChI is InChI=1S/C7H7NO2S3/c8-13(9,10)7-4-3-6(12-7)2-1-5-11/h3-4,11H,5H2,(H2,8,9,10). The van der Waals surface area contributed by atoms with Crippen LogP contribution in [0.25, 0.3) is 0 Å². The highest BCUT2D eigenvalue weighted by Crippen LogP contribution is 2.18. The Morgan fingerprint density at radius 1 is 1.54 bits per heavy atom. The van der Waals surface area contributed by atoms with Crippen molar-refractivity contribution in [3.05, 3.63) is 17.0 Å². The van der Waals surface area contributed by atoms with Crippen LogP contribution in [-0.2, 0) is 10.0 Å². The van der Waals surface area contributed by atoms with Crippen molar-refractivity contribution < 1.29 is 8.42 Å². The van der Waals surface area contributed by atoms with Crippen molar-refractivity contribution in [2.75, 3.05) is 5.75 Å². The summed E-state index contributed by atoms with van der Waals surface area (Å²) in [5, 5.41) is 4.92. The summed E-state index contributed by atoms with van der Waals surface area (Å²) in [6.07, 6.45) is 0. The highest BCUT2D eigenvalue weighted by Gasteiger charge is 2.09. The molecule has 70 valence electrons. The highest BCUT2D eigenvalue weighted by molar-refractivity contribution is 7.91. The lowest BCUT2D eigenvalue weighted by molar-refractivity contribution is 0.600. The van der Waals surface area contributed by atoms with E-state index in [1.54, 1.807) is 6.07 Å². The lowest BCUT2D eigenvalue weighted by atomic mass is 10.5. The summed E-state index contributed by atoms with van der Waals surface area (Å²) >= 11 is 4.96. The van der Waals surface area contributed by atoms with E-state index in [0.717, 1.165) is 11.3 Å². The number of primary sulfonamides is 1.